The average molecular weight is 692 g/mol. The smallest absolute Gasteiger partial charge is 0.164 e. The lowest BCUT2D eigenvalue weighted by molar-refractivity contribution is 0.0951. The molecule has 3 nitrogen and oxygen atoms in total. The largest absolute Gasteiger partial charge is 0.208 e. The number of hydrogen-bond donors (Lipinski definition) is 0. The molecule has 53 heavy (non-hydrogen) atoms. The summed E-state index contributed by atoms with van der Waals surface area (Å²) in [5.74, 6) is 1.77. The van der Waals surface area contributed by atoms with E-state index < -0.39 is 29.9 Å². The number of rotatable bonds is 5. The summed E-state index contributed by atoms with van der Waals surface area (Å²) in [4.78, 5) is 14.8. The molecule has 0 bridgehead atoms. The Morgan fingerprint density at radius 3 is 1.49 bits per heavy atom. The van der Waals surface area contributed by atoms with Crippen molar-refractivity contribution in [2.45, 2.75) is 63.1 Å². The fourth-order valence-corrected chi connectivity index (χ4v) is 8.57. The normalized spacial score (nSPS) is 21.2. The van der Waals surface area contributed by atoms with Crippen LogP contribution in [-0.4, -0.2) is 15.0 Å². The zero-order chi connectivity index (χ0) is 40.6. The molecule has 3 aliphatic carbocycles. The second-order valence-corrected chi connectivity index (χ2v) is 14.7. The van der Waals surface area contributed by atoms with Gasteiger partial charge in [0.1, 0.15) is 0 Å². The van der Waals surface area contributed by atoms with Gasteiger partial charge in [-0.3, -0.25) is 0 Å². The van der Waals surface area contributed by atoms with Gasteiger partial charge in [0.25, 0.3) is 0 Å². The van der Waals surface area contributed by atoms with E-state index in [-0.39, 0.29) is 12.8 Å². The summed E-state index contributed by atoms with van der Waals surface area (Å²) in [6.07, 6.45) is -3.11. The molecule has 0 radical (unpaired) electrons. The Hall–Kier alpha value is -5.67. The van der Waals surface area contributed by atoms with Crippen molar-refractivity contribution >= 4 is 0 Å². The molecule has 1 aromatic heterocycles. The van der Waals surface area contributed by atoms with Crippen molar-refractivity contribution < 1.29 is 8.22 Å². The van der Waals surface area contributed by atoms with Crippen molar-refractivity contribution in [3.63, 3.8) is 0 Å². The fraction of sp³-hybridized carbons (Fsp3) is 0.220. The van der Waals surface area contributed by atoms with Gasteiger partial charge in [-0.15, -0.1) is 0 Å². The van der Waals surface area contributed by atoms with E-state index in [9.17, 15) is 5.48 Å². The second kappa shape index (κ2) is 13.1. The van der Waals surface area contributed by atoms with Crippen molar-refractivity contribution in [3.05, 3.63) is 163 Å². The number of benzene rings is 6. The maximum absolute atomic E-state index is 9.90. The molecule has 1 heterocycles. The topological polar surface area (TPSA) is 38.7 Å². The first-order valence-electron chi connectivity index (χ1n) is 21.7. The molecule has 10 rings (SSSR count). The van der Waals surface area contributed by atoms with Crippen molar-refractivity contribution in [1.82, 2.24) is 15.0 Å². The highest BCUT2D eigenvalue weighted by Gasteiger charge is 2.49. The first kappa shape index (κ1) is 26.1. The highest BCUT2D eigenvalue weighted by Crippen LogP contribution is 2.61. The average Bonchev–Trinajstić information content (AvgIpc) is 3.57. The minimum absolute atomic E-state index is 0.195. The lowest BCUT2D eigenvalue weighted by Gasteiger charge is -2.48. The highest BCUT2D eigenvalue weighted by molar-refractivity contribution is 5.85. The predicted molar refractivity (Wildman–Crippen MR) is 217 cm³/mol. The van der Waals surface area contributed by atoms with Gasteiger partial charge in [-0.05, 0) is 107 Å². The summed E-state index contributed by atoms with van der Waals surface area (Å²) in [5.41, 5.74) is 7.52. The second-order valence-electron chi connectivity index (χ2n) is 14.7. The van der Waals surface area contributed by atoms with E-state index in [4.69, 9.17) is 17.7 Å². The molecule has 0 N–H and O–H groups in total. The molecule has 2 saturated carbocycles. The summed E-state index contributed by atoms with van der Waals surface area (Å²) in [7, 11) is 0. The van der Waals surface area contributed by atoms with Crippen LogP contribution in [0.3, 0.4) is 0 Å². The molecule has 7 aromatic rings. The first-order chi connectivity index (χ1) is 28.4. The molecular formula is C50H43N3. The fourth-order valence-electron chi connectivity index (χ4n) is 8.57. The lowest BCUT2D eigenvalue weighted by atomic mass is 9.56. The van der Waals surface area contributed by atoms with E-state index >= 15 is 0 Å². The maximum Gasteiger partial charge on any atom is 0.164 e. The third-order valence-corrected chi connectivity index (χ3v) is 11.5. The molecular weight excluding hydrogens is 643 g/mol. The minimum Gasteiger partial charge on any atom is -0.208 e. The first-order valence-corrected chi connectivity index (χ1v) is 18.7. The van der Waals surface area contributed by atoms with E-state index in [1.54, 1.807) is 0 Å². The zero-order valence-corrected chi connectivity index (χ0v) is 29.5. The number of nitrogens with zero attached hydrogens (tertiary/aromatic N) is 3. The third kappa shape index (κ3) is 5.70. The maximum atomic E-state index is 9.90. The van der Waals surface area contributed by atoms with Crippen LogP contribution in [0, 0.1) is 5.41 Å². The lowest BCUT2D eigenvalue weighted by Crippen LogP contribution is -2.38. The molecule has 2 spiro atoms. The summed E-state index contributed by atoms with van der Waals surface area (Å²) in [6.45, 7) is 0. The van der Waals surface area contributed by atoms with Gasteiger partial charge in [0.05, 0.1) is 0 Å². The molecule has 258 valence electrons. The summed E-state index contributed by atoms with van der Waals surface area (Å²) in [6, 6.07) is 50.3. The summed E-state index contributed by atoms with van der Waals surface area (Å²) in [5, 5.41) is 0. The zero-order valence-electron chi connectivity index (χ0n) is 35.5. The van der Waals surface area contributed by atoms with Crippen LogP contribution in [0.25, 0.3) is 67.5 Å². The van der Waals surface area contributed by atoms with Crippen LogP contribution < -0.4 is 0 Å². The Labute approximate surface area is 321 Å². The van der Waals surface area contributed by atoms with Crippen LogP contribution >= 0.6 is 0 Å². The Bertz CT molecular complexity index is 2640. The van der Waals surface area contributed by atoms with Crippen LogP contribution in [0.1, 0.15) is 77.0 Å². The van der Waals surface area contributed by atoms with E-state index in [0.29, 0.717) is 54.3 Å². The molecule has 0 saturated heterocycles. The van der Waals surface area contributed by atoms with E-state index in [1.165, 1.54) is 0 Å². The Kier molecular flexibility index (Phi) is 6.45. The highest BCUT2D eigenvalue weighted by atomic mass is 15.0. The van der Waals surface area contributed by atoms with Crippen molar-refractivity contribution in [1.29, 1.82) is 0 Å². The van der Waals surface area contributed by atoms with Gasteiger partial charge in [-0.25, -0.2) is 15.0 Å². The van der Waals surface area contributed by atoms with Gasteiger partial charge in [-0.1, -0.05) is 153 Å². The van der Waals surface area contributed by atoms with Gasteiger partial charge in [0.2, 0.25) is 0 Å². The quantitative estimate of drug-likeness (QED) is 0.180. The van der Waals surface area contributed by atoms with Gasteiger partial charge in [-0.2, -0.15) is 0 Å². The Balaban J connectivity index is 1.04. The molecule has 3 aliphatic rings. The number of hydrogen-bond acceptors (Lipinski definition) is 3. The summed E-state index contributed by atoms with van der Waals surface area (Å²) >= 11 is 0. The van der Waals surface area contributed by atoms with Crippen LogP contribution in [-0.2, 0) is 5.41 Å². The SMILES string of the molecule is [2H]C1([2H])CCC2(CC1)CC([2H])([2H])C1(c3ccccc3-c3ccc(-c4cccc(-c5cccc(-c6nc(-c7ccccc7)nc(-c7ccccc7)n6)c5)c4)cc31)C([2H])([2H])C2. The summed E-state index contributed by atoms with van der Waals surface area (Å²) < 4.78 is 56.3. The van der Waals surface area contributed by atoms with Crippen LogP contribution in [0.4, 0.5) is 0 Å². The monoisotopic (exact) mass is 691 g/mol. The van der Waals surface area contributed by atoms with Gasteiger partial charge < -0.3 is 0 Å². The third-order valence-electron chi connectivity index (χ3n) is 11.5. The van der Waals surface area contributed by atoms with Crippen molar-refractivity contribution in [2.24, 2.45) is 5.41 Å². The molecule has 3 heteroatoms. The standard InChI is InChI=1S/C50H43N3/c1-4-14-35(15-5-1)46-51-47(36-16-6-2-7-17-36)53-48(52-46)41-21-13-20-39(33-41)37-18-12-19-38(32-37)40-24-25-43-42-22-8-9-23-44(42)50(45(43)34-40)30-28-49(29-31-50)26-10-3-11-27-49/h1-2,4-9,12-25,32-34H,3,10-11,26-31H2/i3D2,30D2,31D2. The molecule has 0 aliphatic heterocycles. The minimum atomic E-state index is -1.93. The van der Waals surface area contributed by atoms with Gasteiger partial charge in [0.15, 0.2) is 17.5 Å². The Morgan fingerprint density at radius 2 is 0.868 bits per heavy atom. The molecule has 0 atom stereocenters. The van der Waals surface area contributed by atoms with Gasteiger partial charge >= 0.3 is 0 Å². The van der Waals surface area contributed by atoms with Crippen molar-refractivity contribution in [2.75, 3.05) is 0 Å². The van der Waals surface area contributed by atoms with Crippen LogP contribution in [0.15, 0.2) is 152 Å². The van der Waals surface area contributed by atoms with E-state index in [0.717, 1.165) is 50.1 Å². The molecule has 0 amide bonds. The Morgan fingerprint density at radius 1 is 0.396 bits per heavy atom. The molecule has 6 aromatic carbocycles. The van der Waals surface area contributed by atoms with Crippen molar-refractivity contribution in [3.8, 4) is 67.5 Å². The van der Waals surface area contributed by atoms with E-state index in [1.807, 2.05) is 115 Å². The van der Waals surface area contributed by atoms with Gasteiger partial charge in [0, 0.05) is 30.3 Å². The molecule has 0 unspecified atom stereocenters. The number of fused-ring (bicyclic) bond motifs is 5. The van der Waals surface area contributed by atoms with Crippen LogP contribution in [0.5, 0.6) is 0 Å². The van der Waals surface area contributed by atoms with E-state index in [2.05, 4.69) is 36.4 Å². The predicted octanol–water partition coefficient (Wildman–Crippen LogP) is 13.0. The molecule has 2 fully saturated rings. The number of aromatic nitrogens is 3. The van der Waals surface area contributed by atoms with Crippen LogP contribution in [0.2, 0.25) is 0 Å².